The molecule has 2 atom stereocenters. The van der Waals surface area contributed by atoms with Gasteiger partial charge in [0, 0.05) is 12.2 Å². The van der Waals surface area contributed by atoms with Crippen molar-refractivity contribution >= 4 is 5.91 Å². The zero-order valence-electron chi connectivity index (χ0n) is 14.9. The van der Waals surface area contributed by atoms with Crippen LogP contribution in [0.3, 0.4) is 0 Å². The van der Waals surface area contributed by atoms with Gasteiger partial charge in [0.2, 0.25) is 0 Å². The zero-order valence-corrected chi connectivity index (χ0v) is 14.9. The molecule has 1 aliphatic heterocycles. The van der Waals surface area contributed by atoms with Gasteiger partial charge in [0.1, 0.15) is 18.1 Å². The Kier molecular flexibility index (Phi) is 5.38. The van der Waals surface area contributed by atoms with E-state index in [1.807, 2.05) is 32.9 Å². The van der Waals surface area contributed by atoms with Crippen LogP contribution in [0.2, 0.25) is 0 Å². The highest BCUT2D eigenvalue weighted by molar-refractivity contribution is 5.94. The van der Waals surface area contributed by atoms with Crippen molar-refractivity contribution in [1.82, 2.24) is 10.5 Å². The van der Waals surface area contributed by atoms with E-state index in [1.165, 1.54) is 0 Å². The van der Waals surface area contributed by atoms with Gasteiger partial charge in [-0.15, -0.1) is 0 Å². The van der Waals surface area contributed by atoms with Crippen LogP contribution in [0.15, 0.2) is 28.8 Å². The first-order valence-electron chi connectivity index (χ1n) is 8.61. The van der Waals surface area contributed by atoms with Crippen molar-refractivity contribution in [1.29, 1.82) is 0 Å². The second-order valence-corrected chi connectivity index (χ2v) is 6.43. The summed E-state index contributed by atoms with van der Waals surface area (Å²) in [7, 11) is 0. The topological polar surface area (TPSA) is 73.6 Å². The van der Waals surface area contributed by atoms with Crippen LogP contribution in [-0.4, -0.2) is 29.8 Å². The van der Waals surface area contributed by atoms with Gasteiger partial charge in [0.25, 0.3) is 5.91 Å². The molecule has 0 bridgehead atoms. The minimum atomic E-state index is -0.120. The summed E-state index contributed by atoms with van der Waals surface area (Å²) in [4.78, 5) is 12.5. The number of benzene rings is 1. The van der Waals surface area contributed by atoms with E-state index in [-0.39, 0.29) is 18.1 Å². The number of nitrogens with zero attached hydrogens (tertiary/aromatic N) is 1. The highest BCUT2D eigenvalue weighted by atomic mass is 16.5. The lowest BCUT2D eigenvalue weighted by Gasteiger charge is -2.20. The lowest BCUT2D eigenvalue weighted by Crippen LogP contribution is -2.40. The number of hydrogen-bond acceptors (Lipinski definition) is 5. The van der Waals surface area contributed by atoms with Crippen molar-refractivity contribution < 1.29 is 18.8 Å². The number of carbonyl (C=O) groups excluding carboxylic acids is 1. The molecule has 1 saturated heterocycles. The molecule has 1 aliphatic rings. The van der Waals surface area contributed by atoms with E-state index in [0.29, 0.717) is 17.9 Å². The molecule has 25 heavy (non-hydrogen) atoms. The third kappa shape index (κ3) is 4.20. The molecule has 0 radical (unpaired) electrons. The third-order valence-electron chi connectivity index (χ3n) is 4.54. The van der Waals surface area contributed by atoms with Crippen LogP contribution in [0.5, 0.6) is 5.75 Å². The van der Waals surface area contributed by atoms with E-state index in [4.69, 9.17) is 14.0 Å². The lowest BCUT2D eigenvalue weighted by atomic mass is 10.1. The predicted octanol–water partition coefficient (Wildman–Crippen LogP) is 3.17. The maximum Gasteiger partial charge on any atom is 0.251 e. The van der Waals surface area contributed by atoms with Gasteiger partial charge in [0.05, 0.1) is 23.4 Å². The molecule has 2 heterocycles. The molecule has 1 amide bonds. The summed E-state index contributed by atoms with van der Waals surface area (Å²) >= 11 is 0. The van der Waals surface area contributed by atoms with Gasteiger partial charge in [-0.05, 0) is 51.8 Å². The molecule has 134 valence electrons. The smallest absolute Gasteiger partial charge is 0.251 e. The molecule has 1 fully saturated rings. The predicted molar refractivity (Wildman–Crippen MR) is 92.7 cm³/mol. The summed E-state index contributed by atoms with van der Waals surface area (Å²) < 4.78 is 16.6. The monoisotopic (exact) mass is 344 g/mol. The molecule has 0 saturated carbocycles. The van der Waals surface area contributed by atoms with Crippen molar-refractivity contribution in [2.24, 2.45) is 0 Å². The summed E-state index contributed by atoms with van der Waals surface area (Å²) in [5.41, 5.74) is 2.32. The molecule has 1 aromatic heterocycles. The molecular weight excluding hydrogens is 320 g/mol. The van der Waals surface area contributed by atoms with Crippen molar-refractivity contribution in [3.63, 3.8) is 0 Å². The first kappa shape index (κ1) is 17.5. The van der Waals surface area contributed by atoms with Crippen molar-refractivity contribution in [2.45, 2.75) is 52.4 Å². The fourth-order valence-corrected chi connectivity index (χ4v) is 2.97. The SMILES string of the molecule is Cc1noc(C)c1COc1cccc(C(=O)N[C@H](C)[C@H]2CCCO2)c1. The van der Waals surface area contributed by atoms with E-state index in [9.17, 15) is 4.79 Å². The second-order valence-electron chi connectivity index (χ2n) is 6.43. The standard InChI is InChI=1S/C19H24N2O4/c1-12-17(14(3)25-21-12)11-24-16-7-4-6-15(10-16)19(22)20-13(2)18-8-5-9-23-18/h4,6-7,10,13,18H,5,8-9,11H2,1-3H3,(H,20,22)/t13-,18-/m1/s1. The number of amides is 1. The Labute approximate surface area is 147 Å². The Morgan fingerprint density at radius 2 is 2.28 bits per heavy atom. The molecule has 0 aliphatic carbocycles. The van der Waals surface area contributed by atoms with Crippen LogP contribution >= 0.6 is 0 Å². The van der Waals surface area contributed by atoms with Crippen LogP contribution in [0.4, 0.5) is 0 Å². The fourth-order valence-electron chi connectivity index (χ4n) is 2.97. The van der Waals surface area contributed by atoms with Crippen molar-refractivity contribution in [3.05, 3.63) is 46.8 Å². The summed E-state index contributed by atoms with van der Waals surface area (Å²) in [5.74, 6) is 1.26. The molecule has 6 heteroatoms. The van der Waals surface area contributed by atoms with Crippen LogP contribution in [0.25, 0.3) is 0 Å². The lowest BCUT2D eigenvalue weighted by molar-refractivity contribution is 0.0712. The molecule has 0 unspecified atom stereocenters. The number of aromatic nitrogens is 1. The molecular formula is C19H24N2O4. The third-order valence-corrected chi connectivity index (χ3v) is 4.54. The zero-order chi connectivity index (χ0) is 17.8. The summed E-state index contributed by atoms with van der Waals surface area (Å²) in [6.45, 7) is 6.85. The number of hydrogen-bond donors (Lipinski definition) is 1. The summed E-state index contributed by atoms with van der Waals surface area (Å²) in [6.07, 6.45) is 2.14. The van der Waals surface area contributed by atoms with Crippen LogP contribution in [-0.2, 0) is 11.3 Å². The second kappa shape index (κ2) is 7.70. The molecule has 3 rings (SSSR count). The maximum absolute atomic E-state index is 12.5. The molecule has 0 spiro atoms. The van der Waals surface area contributed by atoms with Crippen molar-refractivity contribution in [2.75, 3.05) is 6.61 Å². The number of carbonyl (C=O) groups is 1. The van der Waals surface area contributed by atoms with Gasteiger partial charge >= 0.3 is 0 Å². The maximum atomic E-state index is 12.5. The average Bonchev–Trinajstić information content (AvgIpc) is 3.24. The normalized spacial score (nSPS) is 18.1. The molecule has 1 aromatic carbocycles. The van der Waals surface area contributed by atoms with E-state index in [1.54, 1.807) is 12.1 Å². The van der Waals surface area contributed by atoms with Crippen LogP contribution in [0, 0.1) is 13.8 Å². The quantitative estimate of drug-likeness (QED) is 0.871. The first-order valence-corrected chi connectivity index (χ1v) is 8.61. The van der Waals surface area contributed by atoms with Gasteiger partial charge in [-0.3, -0.25) is 4.79 Å². The van der Waals surface area contributed by atoms with Gasteiger partial charge in [-0.1, -0.05) is 11.2 Å². The van der Waals surface area contributed by atoms with E-state index in [2.05, 4.69) is 10.5 Å². The molecule has 1 N–H and O–H groups in total. The van der Waals surface area contributed by atoms with E-state index in [0.717, 1.165) is 36.5 Å². The van der Waals surface area contributed by atoms with Crippen LogP contribution in [0.1, 0.15) is 47.1 Å². The minimum Gasteiger partial charge on any atom is -0.489 e. The Balaban J connectivity index is 1.61. The highest BCUT2D eigenvalue weighted by Gasteiger charge is 2.24. The van der Waals surface area contributed by atoms with Crippen LogP contribution < -0.4 is 10.1 Å². The van der Waals surface area contributed by atoms with Gasteiger partial charge < -0.3 is 19.3 Å². The number of aryl methyl sites for hydroxylation is 2. The van der Waals surface area contributed by atoms with Gasteiger partial charge in [-0.2, -0.15) is 0 Å². The van der Waals surface area contributed by atoms with Gasteiger partial charge in [-0.25, -0.2) is 0 Å². The number of rotatable bonds is 6. The number of nitrogens with one attached hydrogen (secondary N) is 1. The van der Waals surface area contributed by atoms with E-state index >= 15 is 0 Å². The fraction of sp³-hybridized carbons (Fsp3) is 0.474. The highest BCUT2D eigenvalue weighted by Crippen LogP contribution is 2.19. The number of ether oxygens (including phenoxy) is 2. The summed E-state index contributed by atoms with van der Waals surface area (Å²) in [5, 5.41) is 6.92. The van der Waals surface area contributed by atoms with E-state index < -0.39 is 0 Å². The summed E-state index contributed by atoms with van der Waals surface area (Å²) in [6, 6.07) is 7.16. The first-order chi connectivity index (χ1) is 12.0. The Morgan fingerprint density at radius 1 is 1.44 bits per heavy atom. The minimum absolute atomic E-state index is 0.0121. The average molecular weight is 344 g/mol. The Morgan fingerprint density at radius 3 is 2.96 bits per heavy atom. The molecule has 6 nitrogen and oxygen atoms in total. The Hall–Kier alpha value is -2.34. The Bertz CT molecular complexity index is 715. The largest absolute Gasteiger partial charge is 0.489 e. The molecule has 2 aromatic rings. The van der Waals surface area contributed by atoms with Crippen molar-refractivity contribution in [3.8, 4) is 5.75 Å². The van der Waals surface area contributed by atoms with Gasteiger partial charge in [0.15, 0.2) is 0 Å².